The minimum absolute atomic E-state index is 0.0857. The number of rotatable bonds is 4. The van der Waals surface area contributed by atoms with Crippen molar-refractivity contribution in [1.82, 2.24) is 10.2 Å². The average Bonchev–Trinajstić information content (AvgIpc) is 2.90. The summed E-state index contributed by atoms with van der Waals surface area (Å²) in [5, 5.41) is 12.4. The highest BCUT2D eigenvalue weighted by molar-refractivity contribution is 5.79. The van der Waals surface area contributed by atoms with Gasteiger partial charge in [-0.3, -0.25) is 4.79 Å². The molecule has 1 aliphatic carbocycles. The third-order valence-electron chi connectivity index (χ3n) is 4.05. The van der Waals surface area contributed by atoms with E-state index in [-0.39, 0.29) is 18.4 Å². The molecule has 1 unspecified atom stereocenters. The van der Waals surface area contributed by atoms with E-state index in [4.69, 9.17) is 5.11 Å². The molecule has 0 radical (unpaired) electrons. The maximum atomic E-state index is 12.4. The molecule has 2 rings (SSSR count). The number of amides is 1. The van der Waals surface area contributed by atoms with Crippen LogP contribution < -0.4 is 5.32 Å². The molecule has 2 N–H and O–H groups in total. The maximum absolute atomic E-state index is 12.4. The summed E-state index contributed by atoms with van der Waals surface area (Å²) in [6.07, 6.45) is 6.93. The standard InChI is InChI=1S/C13H24N2O2/c16-9-8-15(12-4-2-1-3-5-12)13(17)11-6-7-14-10-11/h11-12,14,16H,1-10H2. The van der Waals surface area contributed by atoms with Crippen molar-refractivity contribution >= 4 is 5.91 Å². The molecular formula is C13H24N2O2. The van der Waals surface area contributed by atoms with E-state index in [0.717, 1.165) is 32.4 Å². The van der Waals surface area contributed by atoms with E-state index >= 15 is 0 Å². The van der Waals surface area contributed by atoms with Gasteiger partial charge in [-0.05, 0) is 25.8 Å². The molecule has 0 aromatic heterocycles. The predicted octanol–water partition coefficient (Wildman–Crippen LogP) is 0.749. The molecule has 1 aliphatic heterocycles. The molecule has 4 heteroatoms. The van der Waals surface area contributed by atoms with Gasteiger partial charge in [0.2, 0.25) is 5.91 Å². The van der Waals surface area contributed by atoms with Gasteiger partial charge in [-0.1, -0.05) is 19.3 Å². The lowest BCUT2D eigenvalue weighted by molar-refractivity contribution is -0.138. The van der Waals surface area contributed by atoms with Crippen molar-refractivity contribution in [3.05, 3.63) is 0 Å². The summed E-state index contributed by atoms with van der Waals surface area (Å²) in [5.41, 5.74) is 0. The molecule has 0 bridgehead atoms. The molecule has 1 amide bonds. The zero-order valence-corrected chi connectivity index (χ0v) is 10.5. The number of hydrogen-bond acceptors (Lipinski definition) is 3. The van der Waals surface area contributed by atoms with Crippen molar-refractivity contribution in [3.63, 3.8) is 0 Å². The lowest BCUT2D eigenvalue weighted by Gasteiger charge is -2.35. The van der Waals surface area contributed by atoms with E-state index < -0.39 is 0 Å². The average molecular weight is 240 g/mol. The van der Waals surface area contributed by atoms with Gasteiger partial charge in [-0.25, -0.2) is 0 Å². The van der Waals surface area contributed by atoms with E-state index in [9.17, 15) is 4.79 Å². The van der Waals surface area contributed by atoms with Crippen LogP contribution in [-0.2, 0) is 4.79 Å². The van der Waals surface area contributed by atoms with Crippen molar-refractivity contribution in [2.45, 2.75) is 44.6 Å². The van der Waals surface area contributed by atoms with Gasteiger partial charge in [0, 0.05) is 19.1 Å². The zero-order chi connectivity index (χ0) is 12.1. The minimum Gasteiger partial charge on any atom is -0.395 e. The second kappa shape index (κ2) is 6.36. The number of nitrogens with zero attached hydrogens (tertiary/aromatic N) is 1. The van der Waals surface area contributed by atoms with Gasteiger partial charge in [0.1, 0.15) is 0 Å². The first-order valence-electron chi connectivity index (χ1n) is 6.95. The van der Waals surface area contributed by atoms with E-state index in [1.54, 1.807) is 0 Å². The van der Waals surface area contributed by atoms with Crippen LogP contribution in [0.5, 0.6) is 0 Å². The number of carbonyl (C=O) groups is 1. The first-order valence-corrected chi connectivity index (χ1v) is 6.95. The Morgan fingerprint density at radius 3 is 2.59 bits per heavy atom. The summed E-state index contributed by atoms with van der Waals surface area (Å²) in [4.78, 5) is 14.4. The highest BCUT2D eigenvalue weighted by Crippen LogP contribution is 2.24. The first kappa shape index (κ1) is 12.8. The van der Waals surface area contributed by atoms with Crippen molar-refractivity contribution in [1.29, 1.82) is 0 Å². The molecule has 0 aromatic rings. The number of nitrogens with one attached hydrogen (secondary N) is 1. The number of aliphatic hydroxyl groups excluding tert-OH is 1. The van der Waals surface area contributed by atoms with Gasteiger partial charge in [0.25, 0.3) is 0 Å². The number of carbonyl (C=O) groups excluding carboxylic acids is 1. The van der Waals surface area contributed by atoms with Gasteiger partial charge in [-0.15, -0.1) is 0 Å². The summed E-state index contributed by atoms with van der Waals surface area (Å²) in [6, 6.07) is 0.379. The molecule has 4 nitrogen and oxygen atoms in total. The predicted molar refractivity (Wildman–Crippen MR) is 66.6 cm³/mol. The third-order valence-corrected chi connectivity index (χ3v) is 4.05. The molecular weight excluding hydrogens is 216 g/mol. The normalized spacial score (nSPS) is 26.1. The quantitative estimate of drug-likeness (QED) is 0.762. The monoisotopic (exact) mass is 240 g/mol. The van der Waals surface area contributed by atoms with Gasteiger partial charge in [0.05, 0.1) is 12.5 Å². The Labute approximate surface area is 103 Å². The minimum atomic E-state index is 0.0857. The smallest absolute Gasteiger partial charge is 0.227 e. The van der Waals surface area contributed by atoms with Gasteiger partial charge < -0.3 is 15.3 Å². The van der Waals surface area contributed by atoms with Crippen LogP contribution >= 0.6 is 0 Å². The Morgan fingerprint density at radius 1 is 1.24 bits per heavy atom. The largest absolute Gasteiger partial charge is 0.395 e. The summed E-state index contributed by atoms with van der Waals surface area (Å²) in [5.74, 6) is 0.402. The second-order valence-electron chi connectivity index (χ2n) is 5.24. The van der Waals surface area contributed by atoms with Crippen LogP contribution in [0.15, 0.2) is 0 Å². The van der Waals surface area contributed by atoms with E-state index in [1.165, 1.54) is 19.3 Å². The summed E-state index contributed by atoms with van der Waals surface area (Å²) < 4.78 is 0. The van der Waals surface area contributed by atoms with Crippen molar-refractivity contribution in [3.8, 4) is 0 Å². The summed E-state index contributed by atoms with van der Waals surface area (Å²) in [6.45, 7) is 2.36. The summed E-state index contributed by atoms with van der Waals surface area (Å²) in [7, 11) is 0. The van der Waals surface area contributed by atoms with Crippen molar-refractivity contribution in [2.75, 3.05) is 26.2 Å². The molecule has 1 saturated heterocycles. The first-order chi connectivity index (χ1) is 8.33. The van der Waals surface area contributed by atoms with Crippen LogP contribution in [0.25, 0.3) is 0 Å². The van der Waals surface area contributed by atoms with Crippen molar-refractivity contribution < 1.29 is 9.90 Å². The Hall–Kier alpha value is -0.610. The molecule has 2 aliphatic rings. The van der Waals surface area contributed by atoms with Gasteiger partial charge >= 0.3 is 0 Å². The van der Waals surface area contributed by atoms with Crippen LogP contribution in [-0.4, -0.2) is 48.2 Å². The highest BCUT2D eigenvalue weighted by Gasteiger charge is 2.31. The van der Waals surface area contributed by atoms with E-state index in [2.05, 4.69) is 5.32 Å². The Kier molecular flexibility index (Phi) is 4.80. The van der Waals surface area contributed by atoms with Crippen molar-refractivity contribution in [2.24, 2.45) is 5.92 Å². The third kappa shape index (κ3) is 3.19. The van der Waals surface area contributed by atoms with Crippen LogP contribution in [0.3, 0.4) is 0 Å². The number of aliphatic hydroxyl groups is 1. The zero-order valence-electron chi connectivity index (χ0n) is 10.5. The van der Waals surface area contributed by atoms with E-state index in [1.807, 2.05) is 4.90 Å². The van der Waals surface area contributed by atoms with E-state index in [0.29, 0.717) is 12.6 Å². The lowest BCUT2D eigenvalue weighted by atomic mass is 9.93. The fourth-order valence-electron chi connectivity index (χ4n) is 3.07. The van der Waals surface area contributed by atoms with Gasteiger partial charge in [-0.2, -0.15) is 0 Å². The Bertz CT molecular complexity index is 246. The molecule has 0 spiro atoms. The SMILES string of the molecule is O=C(C1CCNC1)N(CCO)C1CCCCC1. The van der Waals surface area contributed by atoms with Crippen LogP contribution in [0.2, 0.25) is 0 Å². The Morgan fingerprint density at radius 2 is 2.00 bits per heavy atom. The van der Waals surface area contributed by atoms with Crippen LogP contribution in [0.4, 0.5) is 0 Å². The highest BCUT2D eigenvalue weighted by atomic mass is 16.3. The van der Waals surface area contributed by atoms with Crippen LogP contribution in [0, 0.1) is 5.92 Å². The second-order valence-corrected chi connectivity index (χ2v) is 5.24. The molecule has 0 aromatic carbocycles. The molecule has 1 heterocycles. The maximum Gasteiger partial charge on any atom is 0.227 e. The fourth-order valence-corrected chi connectivity index (χ4v) is 3.07. The molecule has 1 saturated carbocycles. The molecule has 98 valence electrons. The van der Waals surface area contributed by atoms with Gasteiger partial charge in [0.15, 0.2) is 0 Å². The lowest BCUT2D eigenvalue weighted by Crippen LogP contribution is -2.46. The molecule has 17 heavy (non-hydrogen) atoms. The molecule has 2 fully saturated rings. The summed E-state index contributed by atoms with van der Waals surface area (Å²) >= 11 is 0. The molecule has 1 atom stereocenters. The topological polar surface area (TPSA) is 52.6 Å². The fraction of sp³-hybridized carbons (Fsp3) is 0.923. The van der Waals surface area contributed by atoms with Crippen LogP contribution in [0.1, 0.15) is 38.5 Å². The number of hydrogen-bond donors (Lipinski definition) is 2. The Balaban J connectivity index is 1.96.